The molecule has 0 radical (unpaired) electrons. The van der Waals surface area contributed by atoms with Crippen molar-refractivity contribution in [2.24, 2.45) is 0 Å². The maximum absolute atomic E-state index is 13.2. The van der Waals surface area contributed by atoms with Crippen molar-refractivity contribution < 1.29 is 12.8 Å². The molecule has 1 unspecified atom stereocenters. The van der Waals surface area contributed by atoms with Crippen LogP contribution < -0.4 is 4.72 Å². The standard InChI is InChI=1S/C22H27FN4O2S2/c1-4-5-14-31(28,29)26-17(3)21-24-25-22(27(21)20-12-6-16(2)7-13-20)30-15-18-8-10-19(23)11-9-18/h6-13,17,26H,4-5,14-15H2,1-3H3. The zero-order chi connectivity index (χ0) is 22.4. The van der Waals surface area contributed by atoms with E-state index in [2.05, 4.69) is 14.9 Å². The summed E-state index contributed by atoms with van der Waals surface area (Å²) in [4.78, 5) is 0. The Kier molecular flexibility index (Phi) is 7.85. The van der Waals surface area contributed by atoms with E-state index in [0.717, 1.165) is 23.2 Å². The van der Waals surface area contributed by atoms with Gasteiger partial charge in [-0.3, -0.25) is 4.57 Å². The Morgan fingerprint density at radius 1 is 1.10 bits per heavy atom. The number of thioether (sulfide) groups is 1. The van der Waals surface area contributed by atoms with E-state index in [1.807, 2.05) is 42.7 Å². The summed E-state index contributed by atoms with van der Waals surface area (Å²) in [7, 11) is -3.42. The molecule has 0 aliphatic heterocycles. The van der Waals surface area contributed by atoms with Crippen LogP contribution in [0.15, 0.2) is 53.7 Å². The molecule has 3 rings (SSSR count). The van der Waals surface area contributed by atoms with Crippen LogP contribution in [0.25, 0.3) is 5.69 Å². The number of rotatable bonds is 10. The molecule has 1 aromatic heterocycles. The van der Waals surface area contributed by atoms with Crippen LogP contribution in [0.2, 0.25) is 0 Å². The van der Waals surface area contributed by atoms with Gasteiger partial charge in [0, 0.05) is 11.4 Å². The van der Waals surface area contributed by atoms with Gasteiger partial charge in [-0.15, -0.1) is 10.2 Å². The van der Waals surface area contributed by atoms with Crippen molar-refractivity contribution in [1.29, 1.82) is 0 Å². The molecule has 0 bridgehead atoms. The fourth-order valence-electron chi connectivity index (χ4n) is 3.04. The predicted molar refractivity (Wildman–Crippen MR) is 122 cm³/mol. The Balaban J connectivity index is 1.90. The summed E-state index contributed by atoms with van der Waals surface area (Å²) in [5, 5.41) is 9.28. The minimum atomic E-state index is -3.42. The van der Waals surface area contributed by atoms with Gasteiger partial charge in [0.1, 0.15) is 5.82 Å². The lowest BCUT2D eigenvalue weighted by atomic mass is 10.2. The zero-order valence-electron chi connectivity index (χ0n) is 17.9. The summed E-state index contributed by atoms with van der Waals surface area (Å²) >= 11 is 1.46. The van der Waals surface area contributed by atoms with Crippen molar-refractivity contribution in [3.63, 3.8) is 0 Å². The summed E-state index contributed by atoms with van der Waals surface area (Å²) in [5.41, 5.74) is 2.93. The van der Waals surface area contributed by atoms with Crippen molar-refractivity contribution in [1.82, 2.24) is 19.5 Å². The molecule has 6 nitrogen and oxygen atoms in total. The van der Waals surface area contributed by atoms with Crippen molar-refractivity contribution in [2.45, 2.75) is 50.6 Å². The van der Waals surface area contributed by atoms with Gasteiger partial charge < -0.3 is 0 Å². The molecule has 1 atom stereocenters. The van der Waals surface area contributed by atoms with E-state index < -0.39 is 16.1 Å². The number of aryl methyl sites for hydroxylation is 1. The van der Waals surface area contributed by atoms with Gasteiger partial charge in [-0.05, 0) is 50.1 Å². The molecular weight excluding hydrogens is 435 g/mol. The summed E-state index contributed by atoms with van der Waals surface area (Å²) < 4.78 is 42.6. The van der Waals surface area contributed by atoms with E-state index in [9.17, 15) is 12.8 Å². The predicted octanol–water partition coefficient (Wildman–Crippen LogP) is 4.79. The lowest BCUT2D eigenvalue weighted by molar-refractivity contribution is 0.553. The van der Waals surface area contributed by atoms with E-state index in [1.54, 1.807) is 19.1 Å². The van der Waals surface area contributed by atoms with E-state index in [-0.39, 0.29) is 11.6 Å². The molecule has 0 saturated heterocycles. The first-order chi connectivity index (χ1) is 14.8. The van der Waals surface area contributed by atoms with Crippen LogP contribution >= 0.6 is 11.8 Å². The number of benzene rings is 2. The minimum absolute atomic E-state index is 0.0820. The van der Waals surface area contributed by atoms with Crippen LogP contribution in [0.5, 0.6) is 0 Å². The van der Waals surface area contributed by atoms with Crippen LogP contribution in [0.1, 0.15) is 49.7 Å². The molecular formula is C22H27FN4O2S2. The molecule has 0 spiro atoms. The fraction of sp³-hybridized carbons (Fsp3) is 0.364. The third-order valence-corrected chi connectivity index (χ3v) is 7.28. The molecule has 2 aromatic carbocycles. The number of unbranched alkanes of at least 4 members (excludes halogenated alkanes) is 1. The van der Waals surface area contributed by atoms with Crippen LogP contribution in [0.3, 0.4) is 0 Å². The number of aromatic nitrogens is 3. The van der Waals surface area contributed by atoms with Gasteiger partial charge in [0.15, 0.2) is 11.0 Å². The van der Waals surface area contributed by atoms with E-state index in [0.29, 0.717) is 23.2 Å². The molecule has 9 heteroatoms. The number of halogens is 1. The summed E-state index contributed by atoms with van der Waals surface area (Å²) in [6.45, 7) is 5.73. The molecule has 0 amide bonds. The molecule has 0 fully saturated rings. The lowest BCUT2D eigenvalue weighted by Gasteiger charge is -2.16. The Hall–Kier alpha value is -2.23. The SMILES string of the molecule is CCCCS(=O)(=O)NC(C)c1nnc(SCc2ccc(F)cc2)n1-c1ccc(C)cc1. The van der Waals surface area contributed by atoms with Crippen molar-refractivity contribution in [3.05, 3.63) is 71.3 Å². The van der Waals surface area contributed by atoms with Crippen LogP contribution in [-0.4, -0.2) is 28.9 Å². The molecule has 1 heterocycles. The first-order valence-corrected chi connectivity index (χ1v) is 12.8. The minimum Gasteiger partial charge on any atom is -0.273 e. The average molecular weight is 463 g/mol. The second kappa shape index (κ2) is 10.4. The second-order valence-corrected chi connectivity index (χ2v) is 10.3. The van der Waals surface area contributed by atoms with E-state index in [1.165, 1.54) is 23.9 Å². The molecule has 0 aliphatic carbocycles. The first kappa shape index (κ1) is 23.4. The largest absolute Gasteiger partial charge is 0.273 e. The summed E-state index contributed by atoms with van der Waals surface area (Å²) in [6.07, 6.45) is 1.41. The number of nitrogens with zero attached hydrogens (tertiary/aromatic N) is 3. The van der Waals surface area contributed by atoms with E-state index >= 15 is 0 Å². The highest BCUT2D eigenvalue weighted by Crippen LogP contribution is 2.28. The topological polar surface area (TPSA) is 76.9 Å². The van der Waals surface area contributed by atoms with Gasteiger partial charge >= 0.3 is 0 Å². The van der Waals surface area contributed by atoms with Crippen LogP contribution in [-0.2, 0) is 15.8 Å². The molecule has 3 aromatic rings. The molecule has 0 saturated carbocycles. The van der Waals surface area contributed by atoms with Crippen molar-refractivity contribution in [2.75, 3.05) is 5.75 Å². The second-order valence-electron chi connectivity index (χ2n) is 7.44. The van der Waals surface area contributed by atoms with Gasteiger partial charge in [0.2, 0.25) is 10.0 Å². The third-order valence-electron chi connectivity index (χ3n) is 4.74. The van der Waals surface area contributed by atoms with Gasteiger partial charge in [-0.1, -0.05) is 54.9 Å². The number of nitrogens with one attached hydrogen (secondary N) is 1. The highest BCUT2D eigenvalue weighted by atomic mass is 32.2. The van der Waals surface area contributed by atoms with Crippen molar-refractivity contribution >= 4 is 21.8 Å². The first-order valence-electron chi connectivity index (χ1n) is 10.2. The quantitative estimate of drug-likeness (QED) is 0.439. The fourth-order valence-corrected chi connectivity index (χ4v) is 5.38. The summed E-state index contributed by atoms with van der Waals surface area (Å²) in [5.74, 6) is 0.910. The Labute approximate surface area is 187 Å². The molecule has 31 heavy (non-hydrogen) atoms. The van der Waals surface area contributed by atoms with Crippen LogP contribution in [0, 0.1) is 12.7 Å². The molecule has 1 N–H and O–H groups in total. The normalized spacial score (nSPS) is 12.8. The van der Waals surface area contributed by atoms with Gasteiger partial charge in [-0.25, -0.2) is 17.5 Å². The molecule has 166 valence electrons. The number of hydrogen-bond donors (Lipinski definition) is 1. The zero-order valence-corrected chi connectivity index (χ0v) is 19.5. The highest BCUT2D eigenvalue weighted by molar-refractivity contribution is 7.98. The Morgan fingerprint density at radius 2 is 1.77 bits per heavy atom. The Bertz CT molecular complexity index is 1100. The third kappa shape index (κ3) is 6.38. The van der Waals surface area contributed by atoms with Gasteiger partial charge in [0.25, 0.3) is 0 Å². The summed E-state index contributed by atoms with van der Waals surface area (Å²) in [6, 6.07) is 13.7. The monoisotopic (exact) mass is 462 g/mol. The molecule has 0 aliphatic rings. The maximum atomic E-state index is 13.2. The number of hydrogen-bond acceptors (Lipinski definition) is 5. The lowest BCUT2D eigenvalue weighted by Crippen LogP contribution is -2.30. The maximum Gasteiger partial charge on any atom is 0.212 e. The smallest absolute Gasteiger partial charge is 0.212 e. The van der Waals surface area contributed by atoms with Crippen molar-refractivity contribution in [3.8, 4) is 5.69 Å². The van der Waals surface area contributed by atoms with E-state index in [4.69, 9.17) is 0 Å². The highest BCUT2D eigenvalue weighted by Gasteiger charge is 2.23. The van der Waals surface area contributed by atoms with Gasteiger partial charge in [0.05, 0.1) is 11.8 Å². The Morgan fingerprint density at radius 3 is 2.42 bits per heavy atom. The van der Waals surface area contributed by atoms with Crippen LogP contribution in [0.4, 0.5) is 4.39 Å². The van der Waals surface area contributed by atoms with Gasteiger partial charge in [-0.2, -0.15) is 0 Å². The average Bonchev–Trinajstić information content (AvgIpc) is 3.16. The number of sulfonamides is 1.